The Hall–Kier alpha value is -4.12. The molecule has 0 fully saturated rings. The van der Waals surface area contributed by atoms with Crippen LogP contribution in [0.4, 0.5) is 0 Å². The second-order valence-corrected chi connectivity index (χ2v) is 10.7. The number of benzene rings is 2. The molecule has 218 valence electrons. The van der Waals surface area contributed by atoms with Crippen molar-refractivity contribution in [1.82, 2.24) is 16.0 Å². The number of hydrogen-bond acceptors (Lipinski definition) is 7. The number of carboxylic acids is 1. The predicted molar refractivity (Wildman–Crippen MR) is 149 cm³/mol. The van der Waals surface area contributed by atoms with Gasteiger partial charge in [0.2, 0.25) is 17.7 Å². The topological polar surface area (TPSA) is 191 Å². The van der Waals surface area contributed by atoms with E-state index in [2.05, 4.69) is 16.0 Å². The molecule has 3 amide bonds. The molecule has 4 unspecified atom stereocenters. The Morgan fingerprint density at radius 2 is 1.15 bits per heavy atom. The minimum atomic E-state index is -1.28. The summed E-state index contributed by atoms with van der Waals surface area (Å²) < 4.78 is 0. The Bertz CT molecular complexity index is 1150. The molecule has 0 aliphatic carbocycles. The number of aliphatic carboxylic acids is 1. The maximum absolute atomic E-state index is 13.4. The molecule has 2 aromatic rings. The maximum Gasteiger partial charge on any atom is 0.326 e. The Balaban J connectivity index is 2.21. The Kier molecular flexibility index (Phi) is 11.9. The molecule has 11 nitrogen and oxygen atoms in total. The Labute approximate surface area is 234 Å². The highest BCUT2D eigenvalue weighted by atomic mass is 16.4. The zero-order valence-corrected chi connectivity index (χ0v) is 23.3. The van der Waals surface area contributed by atoms with E-state index in [1.165, 1.54) is 24.3 Å². The van der Waals surface area contributed by atoms with E-state index in [0.717, 1.165) is 0 Å². The minimum Gasteiger partial charge on any atom is -0.508 e. The Morgan fingerprint density at radius 1 is 0.700 bits per heavy atom. The first-order valence-corrected chi connectivity index (χ1v) is 13.2. The largest absolute Gasteiger partial charge is 0.508 e. The number of nitrogens with one attached hydrogen (secondary N) is 3. The smallest absolute Gasteiger partial charge is 0.326 e. The van der Waals surface area contributed by atoms with Crippen molar-refractivity contribution in [2.75, 3.05) is 0 Å². The molecule has 2 aromatic carbocycles. The fourth-order valence-electron chi connectivity index (χ4n) is 4.09. The molecule has 40 heavy (non-hydrogen) atoms. The summed E-state index contributed by atoms with van der Waals surface area (Å²) in [6.07, 6.45) is 0.443. The van der Waals surface area contributed by atoms with Crippen molar-refractivity contribution < 1.29 is 34.5 Å². The molecule has 2 rings (SSSR count). The third kappa shape index (κ3) is 10.2. The monoisotopic (exact) mass is 556 g/mol. The van der Waals surface area contributed by atoms with Gasteiger partial charge in [-0.3, -0.25) is 14.4 Å². The molecule has 0 aromatic heterocycles. The van der Waals surface area contributed by atoms with Gasteiger partial charge in [0, 0.05) is 12.8 Å². The number of rotatable bonds is 14. The lowest BCUT2D eigenvalue weighted by Gasteiger charge is -2.27. The highest BCUT2D eigenvalue weighted by Gasteiger charge is 2.32. The average Bonchev–Trinajstić information content (AvgIpc) is 2.87. The van der Waals surface area contributed by atoms with Gasteiger partial charge >= 0.3 is 5.97 Å². The van der Waals surface area contributed by atoms with Gasteiger partial charge in [-0.05, 0) is 53.6 Å². The van der Waals surface area contributed by atoms with Crippen LogP contribution in [0, 0.1) is 11.8 Å². The van der Waals surface area contributed by atoms with Gasteiger partial charge in [-0.1, -0.05) is 52.0 Å². The van der Waals surface area contributed by atoms with Crippen LogP contribution in [0.5, 0.6) is 11.5 Å². The van der Waals surface area contributed by atoms with Crippen LogP contribution in [-0.4, -0.2) is 63.2 Å². The van der Waals surface area contributed by atoms with Crippen LogP contribution >= 0.6 is 0 Å². The third-order valence-corrected chi connectivity index (χ3v) is 6.31. The standard InChI is InChI=1S/C29H40N4O7/c1-16(2)13-22(30)26(36)31-23(14-18-5-9-20(34)10-6-18)27(37)33-25(17(3)4)28(38)32-24(29(39)40)15-19-7-11-21(35)12-8-19/h5-12,16-17,22-25,34-35H,13-15,30H2,1-4H3,(H,31,36)(H,32,38)(H,33,37)(H,39,40). The molecule has 0 saturated heterocycles. The van der Waals surface area contributed by atoms with Crippen LogP contribution in [0.15, 0.2) is 48.5 Å². The lowest BCUT2D eigenvalue weighted by molar-refractivity contribution is -0.142. The molecule has 0 aliphatic heterocycles. The van der Waals surface area contributed by atoms with E-state index in [1.54, 1.807) is 38.1 Å². The molecule has 0 bridgehead atoms. The molecule has 0 spiro atoms. The predicted octanol–water partition coefficient (Wildman–Crippen LogP) is 1.45. The van der Waals surface area contributed by atoms with Crippen molar-refractivity contribution in [3.8, 4) is 11.5 Å². The SMILES string of the molecule is CC(C)CC(N)C(=O)NC(Cc1ccc(O)cc1)C(=O)NC(C(=O)NC(Cc1ccc(O)cc1)C(=O)O)C(C)C. The van der Waals surface area contributed by atoms with Crippen LogP contribution in [0.25, 0.3) is 0 Å². The lowest BCUT2D eigenvalue weighted by Crippen LogP contribution is -2.59. The van der Waals surface area contributed by atoms with E-state index in [-0.39, 0.29) is 30.3 Å². The number of carbonyl (C=O) groups is 4. The van der Waals surface area contributed by atoms with Crippen molar-refractivity contribution in [1.29, 1.82) is 0 Å². The zero-order valence-electron chi connectivity index (χ0n) is 23.3. The first-order chi connectivity index (χ1) is 18.8. The molecular weight excluding hydrogens is 516 g/mol. The maximum atomic E-state index is 13.4. The molecule has 0 heterocycles. The van der Waals surface area contributed by atoms with E-state index in [1.807, 2.05) is 13.8 Å². The fraction of sp³-hybridized carbons (Fsp3) is 0.448. The average molecular weight is 557 g/mol. The highest BCUT2D eigenvalue weighted by molar-refractivity contribution is 5.94. The van der Waals surface area contributed by atoms with Gasteiger partial charge < -0.3 is 37.0 Å². The number of phenolic OH excluding ortho intramolecular Hbond substituents is 2. The van der Waals surface area contributed by atoms with Crippen molar-refractivity contribution in [2.45, 2.75) is 71.1 Å². The van der Waals surface area contributed by atoms with E-state index in [0.29, 0.717) is 17.5 Å². The fourth-order valence-corrected chi connectivity index (χ4v) is 4.09. The van der Waals surface area contributed by atoms with Gasteiger partial charge in [0.15, 0.2) is 0 Å². The van der Waals surface area contributed by atoms with E-state index < -0.39 is 53.8 Å². The van der Waals surface area contributed by atoms with Gasteiger partial charge in [0.1, 0.15) is 29.6 Å². The summed E-state index contributed by atoms with van der Waals surface area (Å²) in [5, 5.41) is 36.6. The number of carbonyl (C=O) groups excluding carboxylic acids is 3. The van der Waals surface area contributed by atoms with Crippen LogP contribution in [0.1, 0.15) is 45.2 Å². The lowest BCUT2D eigenvalue weighted by atomic mass is 9.99. The van der Waals surface area contributed by atoms with Crippen molar-refractivity contribution in [2.24, 2.45) is 17.6 Å². The molecule has 0 saturated carbocycles. The summed E-state index contributed by atoms with van der Waals surface area (Å²) >= 11 is 0. The van der Waals surface area contributed by atoms with E-state index in [9.17, 15) is 34.5 Å². The summed E-state index contributed by atoms with van der Waals surface area (Å²) in [6.45, 7) is 7.25. The molecule has 0 radical (unpaired) electrons. The van der Waals surface area contributed by atoms with Crippen molar-refractivity contribution in [3.05, 3.63) is 59.7 Å². The van der Waals surface area contributed by atoms with Crippen LogP contribution in [-0.2, 0) is 32.0 Å². The first-order valence-electron chi connectivity index (χ1n) is 13.2. The number of hydrogen-bond donors (Lipinski definition) is 7. The summed E-state index contributed by atoms with van der Waals surface area (Å²) in [5.74, 6) is -3.29. The molecule has 4 atom stereocenters. The second-order valence-electron chi connectivity index (χ2n) is 10.7. The third-order valence-electron chi connectivity index (χ3n) is 6.31. The number of phenols is 2. The minimum absolute atomic E-state index is 0.0290. The summed E-state index contributed by atoms with van der Waals surface area (Å²) in [7, 11) is 0. The number of nitrogens with two attached hydrogens (primary N) is 1. The molecular formula is C29H40N4O7. The quantitative estimate of drug-likeness (QED) is 0.182. The van der Waals surface area contributed by atoms with Crippen LogP contribution in [0.3, 0.4) is 0 Å². The second kappa shape index (κ2) is 14.9. The zero-order chi connectivity index (χ0) is 30.0. The number of amides is 3. The number of carboxylic acid groups (broad SMARTS) is 1. The van der Waals surface area contributed by atoms with Gasteiger partial charge in [0.25, 0.3) is 0 Å². The van der Waals surface area contributed by atoms with Crippen LogP contribution < -0.4 is 21.7 Å². The first kappa shape index (κ1) is 32.1. The summed E-state index contributed by atoms with van der Waals surface area (Å²) in [6, 6.07) is 7.79. The molecule has 0 aliphatic rings. The number of aromatic hydroxyl groups is 2. The van der Waals surface area contributed by atoms with Gasteiger partial charge in [-0.2, -0.15) is 0 Å². The van der Waals surface area contributed by atoms with Gasteiger partial charge in [-0.15, -0.1) is 0 Å². The molecule has 11 heteroatoms. The normalized spacial score (nSPS) is 14.2. The van der Waals surface area contributed by atoms with Crippen LogP contribution in [0.2, 0.25) is 0 Å². The van der Waals surface area contributed by atoms with Gasteiger partial charge in [0.05, 0.1) is 6.04 Å². The molecule has 8 N–H and O–H groups in total. The summed E-state index contributed by atoms with van der Waals surface area (Å²) in [5.41, 5.74) is 7.26. The summed E-state index contributed by atoms with van der Waals surface area (Å²) in [4.78, 5) is 51.3. The van der Waals surface area contributed by atoms with Crippen molar-refractivity contribution >= 4 is 23.7 Å². The van der Waals surface area contributed by atoms with Crippen molar-refractivity contribution in [3.63, 3.8) is 0 Å². The Morgan fingerprint density at radius 3 is 1.57 bits per heavy atom. The highest BCUT2D eigenvalue weighted by Crippen LogP contribution is 2.14. The van der Waals surface area contributed by atoms with E-state index >= 15 is 0 Å². The van der Waals surface area contributed by atoms with Gasteiger partial charge in [-0.25, -0.2) is 4.79 Å². The van der Waals surface area contributed by atoms with E-state index in [4.69, 9.17) is 5.73 Å².